The van der Waals surface area contributed by atoms with Gasteiger partial charge in [-0.05, 0) is 37.6 Å². The fourth-order valence-corrected chi connectivity index (χ4v) is 2.53. The lowest BCUT2D eigenvalue weighted by Gasteiger charge is -2.09. The fraction of sp³-hybridized carbons (Fsp3) is 0.467. The van der Waals surface area contributed by atoms with Crippen molar-refractivity contribution in [3.8, 4) is 5.75 Å². The maximum atomic E-state index is 12.0. The average molecular weight is 313 g/mol. The van der Waals surface area contributed by atoms with Crippen LogP contribution in [0, 0.1) is 0 Å². The highest BCUT2D eigenvalue weighted by Crippen LogP contribution is 2.15. The molecule has 1 N–H and O–H groups in total. The molecule has 0 saturated carbocycles. The number of rotatable bonds is 10. The van der Waals surface area contributed by atoms with E-state index in [-0.39, 0.29) is 11.4 Å². The van der Waals surface area contributed by atoms with E-state index in [1.54, 1.807) is 12.1 Å². The molecule has 0 saturated heterocycles. The molecule has 0 spiro atoms. The summed E-state index contributed by atoms with van der Waals surface area (Å²) >= 11 is 0. The molecule has 21 heavy (non-hydrogen) atoms. The zero-order valence-corrected chi connectivity index (χ0v) is 13.4. The zero-order valence-electron chi connectivity index (χ0n) is 12.6. The predicted molar refractivity (Wildman–Crippen MR) is 83.0 cm³/mol. The maximum absolute atomic E-state index is 12.0. The first kappa shape index (κ1) is 17.7. The van der Waals surface area contributed by atoms with Crippen molar-refractivity contribution in [1.29, 1.82) is 0 Å². The molecule has 0 unspecified atom stereocenters. The minimum atomic E-state index is -3.51. The van der Waals surface area contributed by atoms with Crippen LogP contribution in [-0.4, -0.2) is 34.8 Å². The first-order chi connectivity index (χ1) is 9.95. The Bertz CT molecular complexity index is 537. The van der Waals surface area contributed by atoms with Crippen LogP contribution < -0.4 is 9.46 Å². The van der Waals surface area contributed by atoms with E-state index in [1.807, 2.05) is 13.8 Å². The molecule has 6 heteroatoms. The van der Waals surface area contributed by atoms with Gasteiger partial charge in [-0.15, -0.1) is 0 Å². The Morgan fingerprint density at radius 3 is 2.48 bits per heavy atom. The SMILES string of the molecule is C=C(C)COCCNS(=O)(=O)c1ccc(OCCC)cc1. The summed E-state index contributed by atoms with van der Waals surface area (Å²) in [6.07, 6.45) is 0.909. The molecule has 0 aliphatic carbocycles. The molecule has 118 valence electrons. The largest absolute Gasteiger partial charge is 0.494 e. The fourth-order valence-electron chi connectivity index (χ4n) is 1.51. The number of nitrogens with one attached hydrogen (secondary N) is 1. The highest BCUT2D eigenvalue weighted by Gasteiger charge is 2.13. The van der Waals surface area contributed by atoms with E-state index in [0.29, 0.717) is 25.6 Å². The van der Waals surface area contributed by atoms with Gasteiger partial charge in [0.2, 0.25) is 10.0 Å². The highest BCUT2D eigenvalue weighted by molar-refractivity contribution is 7.89. The van der Waals surface area contributed by atoms with Gasteiger partial charge in [0.05, 0.1) is 24.7 Å². The molecule has 0 aromatic heterocycles. The number of hydrogen-bond donors (Lipinski definition) is 1. The van der Waals surface area contributed by atoms with Crippen LogP contribution in [0.2, 0.25) is 0 Å². The Kier molecular flexibility index (Phi) is 7.42. The summed E-state index contributed by atoms with van der Waals surface area (Å²) in [4.78, 5) is 0.214. The van der Waals surface area contributed by atoms with Crippen molar-refractivity contribution in [2.45, 2.75) is 25.2 Å². The van der Waals surface area contributed by atoms with Crippen LogP contribution in [0.4, 0.5) is 0 Å². The standard InChI is InChI=1S/C15H23NO4S/c1-4-10-20-14-5-7-15(8-6-14)21(17,18)16-9-11-19-12-13(2)3/h5-8,16H,2,4,9-12H2,1,3H3. The molecule has 0 bridgehead atoms. The van der Waals surface area contributed by atoms with Gasteiger partial charge in [-0.2, -0.15) is 0 Å². The van der Waals surface area contributed by atoms with Crippen molar-refractivity contribution >= 4 is 10.0 Å². The van der Waals surface area contributed by atoms with Crippen LogP contribution >= 0.6 is 0 Å². The number of sulfonamides is 1. The van der Waals surface area contributed by atoms with E-state index in [1.165, 1.54) is 12.1 Å². The lowest BCUT2D eigenvalue weighted by atomic mass is 10.3. The average Bonchev–Trinajstić information content (AvgIpc) is 2.44. The van der Waals surface area contributed by atoms with E-state index in [0.717, 1.165) is 12.0 Å². The van der Waals surface area contributed by atoms with E-state index in [9.17, 15) is 8.42 Å². The van der Waals surface area contributed by atoms with E-state index in [4.69, 9.17) is 9.47 Å². The summed E-state index contributed by atoms with van der Waals surface area (Å²) in [6, 6.07) is 6.37. The van der Waals surface area contributed by atoms with Crippen molar-refractivity contribution < 1.29 is 17.9 Å². The molecule has 1 aromatic rings. The van der Waals surface area contributed by atoms with Crippen molar-refractivity contribution in [1.82, 2.24) is 4.72 Å². The van der Waals surface area contributed by atoms with Gasteiger partial charge in [0, 0.05) is 6.54 Å². The summed E-state index contributed by atoms with van der Waals surface area (Å²) in [5.41, 5.74) is 0.903. The highest BCUT2D eigenvalue weighted by atomic mass is 32.2. The third-order valence-corrected chi connectivity index (χ3v) is 3.97. The summed E-state index contributed by atoms with van der Waals surface area (Å²) in [7, 11) is -3.51. The minimum Gasteiger partial charge on any atom is -0.494 e. The van der Waals surface area contributed by atoms with E-state index in [2.05, 4.69) is 11.3 Å². The van der Waals surface area contributed by atoms with Crippen molar-refractivity contribution in [3.63, 3.8) is 0 Å². The third-order valence-electron chi connectivity index (χ3n) is 2.49. The number of benzene rings is 1. The summed E-state index contributed by atoms with van der Waals surface area (Å²) in [5, 5.41) is 0. The first-order valence-corrected chi connectivity index (χ1v) is 8.38. The topological polar surface area (TPSA) is 64.6 Å². The molecule has 0 fully saturated rings. The first-order valence-electron chi connectivity index (χ1n) is 6.90. The van der Waals surface area contributed by atoms with Crippen LogP contribution in [0.25, 0.3) is 0 Å². The van der Waals surface area contributed by atoms with Gasteiger partial charge in [0.15, 0.2) is 0 Å². The molecule has 0 aliphatic heterocycles. The molecule has 5 nitrogen and oxygen atoms in total. The quantitative estimate of drug-likeness (QED) is 0.532. The van der Waals surface area contributed by atoms with Gasteiger partial charge < -0.3 is 9.47 Å². The second kappa shape index (κ2) is 8.81. The van der Waals surface area contributed by atoms with Crippen LogP contribution in [0.1, 0.15) is 20.3 Å². The lowest BCUT2D eigenvalue weighted by Crippen LogP contribution is -2.27. The normalized spacial score (nSPS) is 11.3. The molecular weight excluding hydrogens is 290 g/mol. The van der Waals surface area contributed by atoms with Crippen LogP contribution in [0.5, 0.6) is 5.75 Å². The van der Waals surface area contributed by atoms with Crippen molar-refractivity contribution in [2.24, 2.45) is 0 Å². The smallest absolute Gasteiger partial charge is 0.240 e. The van der Waals surface area contributed by atoms with Crippen molar-refractivity contribution in [3.05, 3.63) is 36.4 Å². The van der Waals surface area contributed by atoms with E-state index >= 15 is 0 Å². The zero-order chi connectivity index (χ0) is 15.7. The molecule has 1 aromatic carbocycles. The Balaban J connectivity index is 2.48. The van der Waals surface area contributed by atoms with Gasteiger partial charge >= 0.3 is 0 Å². The number of ether oxygens (including phenoxy) is 2. The Morgan fingerprint density at radius 2 is 1.90 bits per heavy atom. The maximum Gasteiger partial charge on any atom is 0.240 e. The van der Waals surface area contributed by atoms with Gasteiger partial charge in [0.25, 0.3) is 0 Å². The number of hydrogen-bond acceptors (Lipinski definition) is 4. The predicted octanol–water partition coefficient (Wildman–Crippen LogP) is 2.35. The molecule has 0 heterocycles. The van der Waals surface area contributed by atoms with Crippen LogP contribution in [0.3, 0.4) is 0 Å². The molecular formula is C15H23NO4S. The van der Waals surface area contributed by atoms with Gasteiger partial charge in [-0.1, -0.05) is 19.1 Å². The van der Waals surface area contributed by atoms with Gasteiger partial charge in [-0.3, -0.25) is 0 Å². The minimum absolute atomic E-state index is 0.214. The second-order valence-corrected chi connectivity index (χ2v) is 6.49. The molecule has 0 radical (unpaired) electrons. The second-order valence-electron chi connectivity index (χ2n) is 4.73. The van der Waals surface area contributed by atoms with E-state index < -0.39 is 10.0 Å². The molecule has 0 amide bonds. The lowest BCUT2D eigenvalue weighted by molar-refractivity contribution is 0.162. The summed E-state index contributed by atoms with van der Waals surface area (Å²) < 4.78 is 37.2. The van der Waals surface area contributed by atoms with Gasteiger partial charge in [0.1, 0.15) is 5.75 Å². The summed E-state index contributed by atoms with van der Waals surface area (Å²) in [5.74, 6) is 0.667. The Morgan fingerprint density at radius 1 is 1.24 bits per heavy atom. The Hall–Kier alpha value is -1.37. The van der Waals surface area contributed by atoms with Crippen LogP contribution in [-0.2, 0) is 14.8 Å². The molecule has 0 aliphatic rings. The van der Waals surface area contributed by atoms with Crippen molar-refractivity contribution in [2.75, 3.05) is 26.4 Å². The van der Waals surface area contributed by atoms with Crippen LogP contribution in [0.15, 0.2) is 41.3 Å². The monoisotopic (exact) mass is 313 g/mol. The summed E-state index contributed by atoms with van der Waals surface area (Å²) in [6.45, 7) is 9.16. The Labute approximate surface area is 127 Å². The third kappa shape index (κ3) is 6.75. The molecule has 0 atom stereocenters. The van der Waals surface area contributed by atoms with Gasteiger partial charge in [-0.25, -0.2) is 13.1 Å². The molecule has 1 rings (SSSR count).